The van der Waals surface area contributed by atoms with Crippen LogP contribution in [0.25, 0.3) is 10.9 Å². The molecule has 0 saturated heterocycles. The molecule has 0 radical (unpaired) electrons. The minimum atomic E-state index is -0.943. The monoisotopic (exact) mass is 458 g/mol. The standard InChI is InChI=1S/C28H30N2O4/c1-4-34-22-11-9-20(10-12-22)16-29-17-25-24-14-13-23(33-3)15-26(24)30(27(25)28(31)32)18-21-8-6-5-7-19(21)2/h5-15,29H,4,16-18H2,1-3H3,(H,31,32). The first-order valence-electron chi connectivity index (χ1n) is 11.4. The fourth-order valence-corrected chi connectivity index (χ4v) is 4.28. The summed E-state index contributed by atoms with van der Waals surface area (Å²) in [4.78, 5) is 12.5. The average molecular weight is 459 g/mol. The van der Waals surface area contributed by atoms with Crippen molar-refractivity contribution in [2.75, 3.05) is 13.7 Å². The van der Waals surface area contributed by atoms with Gasteiger partial charge in [-0.3, -0.25) is 0 Å². The number of aryl methyl sites for hydroxylation is 1. The number of carboxylic acids is 1. The second-order valence-electron chi connectivity index (χ2n) is 8.21. The van der Waals surface area contributed by atoms with E-state index in [-0.39, 0.29) is 0 Å². The molecule has 0 aliphatic carbocycles. The number of carbonyl (C=O) groups is 1. The molecule has 3 aromatic carbocycles. The van der Waals surface area contributed by atoms with Gasteiger partial charge in [0, 0.05) is 36.7 Å². The molecule has 34 heavy (non-hydrogen) atoms. The zero-order chi connectivity index (χ0) is 24.1. The fraction of sp³-hybridized carbons (Fsp3) is 0.250. The second kappa shape index (κ2) is 10.4. The zero-order valence-electron chi connectivity index (χ0n) is 19.8. The number of methoxy groups -OCH3 is 1. The molecule has 0 fully saturated rings. The van der Waals surface area contributed by atoms with Crippen molar-refractivity contribution in [3.05, 3.63) is 94.7 Å². The van der Waals surface area contributed by atoms with Crippen LogP contribution < -0.4 is 14.8 Å². The molecule has 0 amide bonds. The maximum atomic E-state index is 12.5. The summed E-state index contributed by atoms with van der Waals surface area (Å²) in [6, 6.07) is 21.7. The van der Waals surface area contributed by atoms with Gasteiger partial charge in [0.2, 0.25) is 0 Å². The third kappa shape index (κ3) is 4.92. The molecule has 0 bridgehead atoms. The Hall–Kier alpha value is -3.77. The topological polar surface area (TPSA) is 72.7 Å². The third-order valence-electron chi connectivity index (χ3n) is 6.03. The van der Waals surface area contributed by atoms with Crippen LogP contribution >= 0.6 is 0 Å². The number of rotatable bonds is 10. The van der Waals surface area contributed by atoms with Crippen molar-refractivity contribution in [2.45, 2.75) is 33.5 Å². The summed E-state index contributed by atoms with van der Waals surface area (Å²) < 4.78 is 12.8. The van der Waals surface area contributed by atoms with E-state index < -0.39 is 5.97 Å². The Morgan fingerprint density at radius 3 is 2.41 bits per heavy atom. The van der Waals surface area contributed by atoms with Crippen LogP contribution in [0.2, 0.25) is 0 Å². The predicted octanol–water partition coefficient (Wildman–Crippen LogP) is 5.39. The van der Waals surface area contributed by atoms with Gasteiger partial charge in [-0.1, -0.05) is 36.4 Å². The number of fused-ring (bicyclic) bond motifs is 1. The molecular formula is C28H30N2O4. The van der Waals surface area contributed by atoms with Gasteiger partial charge in [-0.25, -0.2) is 4.79 Å². The molecule has 0 saturated carbocycles. The van der Waals surface area contributed by atoms with Crippen molar-refractivity contribution in [1.82, 2.24) is 9.88 Å². The van der Waals surface area contributed by atoms with Crippen LogP contribution in [-0.2, 0) is 19.6 Å². The summed E-state index contributed by atoms with van der Waals surface area (Å²) in [7, 11) is 1.62. The van der Waals surface area contributed by atoms with Crippen LogP contribution in [0.4, 0.5) is 0 Å². The van der Waals surface area contributed by atoms with Gasteiger partial charge in [-0.2, -0.15) is 0 Å². The van der Waals surface area contributed by atoms with E-state index in [0.29, 0.717) is 37.7 Å². The molecule has 0 aliphatic heterocycles. The molecule has 0 aliphatic rings. The smallest absolute Gasteiger partial charge is 0.352 e. The van der Waals surface area contributed by atoms with Crippen LogP contribution in [0.5, 0.6) is 11.5 Å². The molecule has 0 spiro atoms. The fourth-order valence-electron chi connectivity index (χ4n) is 4.28. The molecule has 6 heteroatoms. The highest BCUT2D eigenvalue weighted by Crippen LogP contribution is 2.31. The highest BCUT2D eigenvalue weighted by atomic mass is 16.5. The lowest BCUT2D eigenvalue weighted by molar-refractivity contribution is 0.0684. The molecule has 176 valence electrons. The van der Waals surface area contributed by atoms with Crippen molar-refractivity contribution in [3.63, 3.8) is 0 Å². The van der Waals surface area contributed by atoms with E-state index in [9.17, 15) is 9.90 Å². The van der Waals surface area contributed by atoms with Crippen molar-refractivity contribution in [1.29, 1.82) is 0 Å². The molecule has 0 atom stereocenters. The van der Waals surface area contributed by atoms with Crippen molar-refractivity contribution >= 4 is 16.9 Å². The third-order valence-corrected chi connectivity index (χ3v) is 6.03. The van der Waals surface area contributed by atoms with E-state index in [0.717, 1.165) is 38.9 Å². The second-order valence-corrected chi connectivity index (χ2v) is 8.21. The van der Waals surface area contributed by atoms with Crippen LogP contribution in [0, 0.1) is 6.92 Å². The van der Waals surface area contributed by atoms with Gasteiger partial charge < -0.3 is 24.5 Å². The van der Waals surface area contributed by atoms with E-state index in [2.05, 4.69) is 5.32 Å². The summed E-state index contributed by atoms with van der Waals surface area (Å²) in [5.41, 5.74) is 5.22. The quantitative estimate of drug-likeness (QED) is 0.333. The molecule has 4 rings (SSSR count). The lowest BCUT2D eigenvalue weighted by Crippen LogP contribution is -2.17. The molecular weight excluding hydrogens is 428 g/mol. The summed E-state index contributed by atoms with van der Waals surface area (Å²) in [5, 5.41) is 14.6. The van der Waals surface area contributed by atoms with E-state index >= 15 is 0 Å². The number of nitrogens with zero attached hydrogens (tertiary/aromatic N) is 1. The number of hydrogen-bond donors (Lipinski definition) is 2. The summed E-state index contributed by atoms with van der Waals surface area (Å²) >= 11 is 0. The van der Waals surface area contributed by atoms with E-state index in [1.165, 1.54) is 0 Å². The average Bonchev–Trinajstić information content (AvgIpc) is 3.14. The van der Waals surface area contributed by atoms with E-state index in [1.807, 2.05) is 85.1 Å². The zero-order valence-corrected chi connectivity index (χ0v) is 19.8. The molecule has 2 N–H and O–H groups in total. The normalized spacial score (nSPS) is 11.0. The number of hydrogen-bond acceptors (Lipinski definition) is 4. The Kier molecular flexibility index (Phi) is 7.18. The molecule has 1 aromatic heterocycles. The largest absolute Gasteiger partial charge is 0.497 e. The SMILES string of the molecule is CCOc1ccc(CNCc2c(C(=O)O)n(Cc3ccccc3C)c3cc(OC)ccc23)cc1. The lowest BCUT2D eigenvalue weighted by atomic mass is 10.1. The molecule has 6 nitrogen and oxygen atoms in total. The van der Waals surface area contributed by atoms with Crippen molar-refractivity contribution in [3.8, 4) is 11.5 Å². The summed E-state index contributed by atoms with van der Waals surface area (Å²) in [6.45, 7) is 6.15. The number of aromatic nitrogens is 1. The van der Waals surface area contributed by atoms with Gasteiger partial charge in [-0.05, 0) is 54.8 Å². The number of nitrogens with one attached hydrogen (secondary N) is 1. The number of aromatic carboxylic acids is 1. The van der Waals surface area contributed by atoms with Crippen LogP contribution in [0.1, 0.15) is 39.7 Å². The van der Waals surface area contributed by atoms with Gasteiger partial charge in [0.1, 0.15) is 17.2 Å². The van der Waals surface area contributed by atoms with Gasteiger partial charge in [0.05, 0.1) is 19.2 Å². The van der Waals surface area contributed by atoms with Crippen LogP contribution in [0.15, 0.2) is 66.7 Å². The molecule has 4 aromatic rings. The lowest BCUT2D eigenvalue weighted by Gasteiger charge is -2.12. The van der Waals surface area contributed by atoms with Crippen molar-refractivity contribution in [2.24, 2.45) is 0 Å². The molecule has 0 unspecified atom stereocenters. The Morgan fingerprint density at radius 1 is 1.00 bits per heavy atom. The highest BCUT2D eigenvalue weighted by molar-refractivity contribution is 5.98. The summed E-state index contributed by atoms with van der Waals surface area (Å²) in [5.74, 6) is 0.594. The summed E-state index contributed by atoms with van der Waals surface area (Å²) in [6.07, 6.45) is 0. The van der Waals surface area contributed by atoms with E-state index in [4.69, 9.17) is 9.47 Å². The minimum Gasteiger partial charge on any atom is -0.497 e. The predicted molar refractivity (Wildman–Crippen MR) is 134 cm³/mol. The maximum absolute atomic E-state index is 12.5. The van der Waals surface area contributed by atoms with Gasteiger partial charge >= 0.3 is 5.97 Å². The minimum absolute atomic E-state index is 0.297. The van der Waals surface area contributed by atoms with Crippen LogP contribution in [-0.4, -0.2) is 29.4 Å². The van der Waals surface area contributed by atoms with Crippen LogP contribution in [0.3, 0.4) is 0 Å². The van der Waals surface area contributed by atoms with Gasteiger partial charge in [0.15, 0.2) is 0 Å². The van der Waals surface area contributed by atoms with Gasteiger partial charge in [-0.15, -0.1) is 0 Å². The highest BCUT2D eigenvalue weighted by Gasteiger charge is 2.23. The molecule has 1 heterocycles. The Bertz CT molecular complexity index is 1290. The Labute approximate surface area is 199 Å². The number of ether oxygens (including phenoxy) is 2. The Morgan fingerprint density at radius 2 is 1.74 bits per heavy atom. The number of benzene rings is 3. The first-order chi connectivity index (χ1) is 16.5. The first kappa shape index (κ1) is 23.4. The van der Waals surface area contributed by atoms with Gasteiger partial charge in [0.25, 0.3) is 0 Å². The Balaban J connectivity index is 1.68. The van der Waals surface area contributed by atoms with E-state index in [1.54, 1.807) is 7.11 Å². The maximum Gasteiger partial charge on any atom is 0.352 e. The van der Waals surface area contributed by atoms with Crippen molar-refractivity contribution < 1.29 is 19.4 Å². The number of carboxylic acid groups (broad SMARTS) is 1. The first-order valence-corrected chi connectivity index (χ1v) is 11.4.